The fraction of sp³-hybridized carbons (Fsp3) is 0.150. The number of carbonyl (C=O) groups is 2. The van der Waals surface area contributed by atoms with Gasteiger partial charge in [0.1, 0.15) is 5.75 Å². The number of allylic oxidation sites excluding steroid dienone is 1. The average Bonchev–Trinajstić information content (AvgIpc) is 2.95. The Bertz CT molecular complexity index is 980. The fourth-order valence-electron chi connectivity index (χ4n) is 2.76. The summed E-state index contributed by atoms with van der Waals surface area (Å²) >= 11 is 6.64. The van der Waals surface area contributed by atoms with Crippen molar-refractivity contribution in [3.05, 3.63) is 64.1 Å². The number of carboxylic acids is 1. The summed E-state index contributed by atoms with van der Waals surface area (Å²) in [5, 5.41) is 9.25. The van der Waals surface area contributed by atoms with Crippen molar-refractivity contribution in [1.82, 2.24) is 0 Å². The Balaban J connectivity index is 2.02. The molecule has 7 heteroatoms. The van der Waals surface area contributed by atoms with Gasteiger partial charge in [-0.25, -0.2) is 4.79 Å². The molecule has 1 N–H and O–H groups in total. The molecule has 0 spiro atoms. The van der Waals surface area contributed by atoms with Crippen LogP contribution in [0.3, 0.4) is 0 Å². The maximum absolute atomic E-state index is 13.1. The maximum atomic E-state index is 13.1. The van der Waals surface area contributed by atoms with Crippen molar-refractivity contribution in [1.29, 1.82) is 0 Å². The summed E-state index contributed by atoms with van der Waals surface area (Å²) in [6.45, 7) is 3.69. The van der Waals surface area contributed by atoms with Gasteiger partial charge in [-0.15, -0.1) is 0 Å². The third kappa shape index (κ3) is 3.61. The molecule has 0 bridgehead atoms. The second-order valence-electron chi connectivity index (χ2n) is 6.00. The molecule has 3 rings (SSSR count). The van der Waals surface area contributed by atoms with E-state index in [4.69, 9.17) is 17.0 Å². The molecule has 0 saturated carbocycles. The summed E-state index contributed by atoms with van der Waals surface area (Å²) in [5.74, 6) is -0.559. The first kappa shape index (κ1) is 19.1. The summed E-state index contributed by atoms with van der Waals surface area (Å²) < 4.78 is 5.55. The predicted octanol–water partition coefficient (Wildman–Crippen LogP) is 4.50. The van der Waals surface area contributed by atoms with Gasteiger partial charge in [0, 0.05) is 0 Å². The van der Waals surface area contributed by atoms with Crippen molar-refractivity contribution in [2.75, 3.05) is 12.0 Å². The lowest BCUT2D eigenvalue weighted by atomic mass is 10.1. The van der Waals surface area contributed by atoms with E-state index in [-0.39, 0.29) is 11.5 Å². The second-order valence-corrected chi connectivity index (χ2v) is 7.64. The molecule has 1 fully saturated rings. The number of aryl methyl sites for hydroxylation is 1. The van der Waals surface area contributed by atoms with Crippen molar-refractivity contribution in [3.8, 4) is 5.75 Å². The standard InChI is InChI=1S/C20H17NO4S2/c1-11-4-5-14(19(23)24)10-16(11)21-18(22)17(27-20(21)26)12(2)13-6-8-15(25-3)9-7-13/h4-10H,1-3H3,(H,23,24)/b17-12-. The van der Waals surface area contributed by atoms with Gasteiger partial charge in [0.25, 0.3) is 5.91 Å². The largest absolute Gasteiger partial charge is 0.497 e. The molecule has 0 aliphatic carbocycles. The first-order chi connectivity index (χ1) is 12.8. The highest BCUT2D eigenvalue weighted by molar-refractivity contribution is 8.27. The van der Waals surface area contributed by atoms with Crippen molar-refractivity contribution in [2.24, 2.45) is 0 Å². The van der Waals surface area contributed by atoms with E-state index in [0.29, 0.717) is 14.9 Å². The lowest BCUT2D eigenvalue weighted by Gasteiger charge is -2.18. The minimum absolute atomic E-state index is 0.112. The Labute approximate surface area is 166 Å². The number of anilines is 1. The van der Waals surface area contributed by atoms with Crippen LogP contribution in [-0.4, -0.2) is 28.4 Å². The van der Waals surface area contributed by atoms with E-state index in [9.17, 15) is 14.7 Å². The minimum atomic E-state index is -1.05. The normalized spacial score (nSPS) is 15.9. The molecule has 1 amide bonds. The molecule has 0 atom stereocenters. The number of methoxy groups -OCH3 is 1. The van der Waals surface area contributed by atoms with Gasteiger partial charge < -0.3 is 9.84 Å². The van der Waals surface area contributed by atoms with Crippen LogP contribution in [0.2, 0.25) is 0 Å². The van der Waals surface area contributed by atoms with Gasteiger partial charge in [-0.1, -0.05) is 42.2 Å². The smallest absolute Gasteiger partial charge is 0.335 e. The molecule has 1 aliphatic heterocycles. The summed E-state index contributed by atoms with van der Waals surface area (Å²) in [7, 11) is 1.60. The van der Waals surface area contributed by atoms with Crippen LogP contribution in [0, 0.1) is 6.92 Å². The second kappa shape index (κ2) is 7.54. The minimum Gasteiger partial charge on any atom is -0.497 e. The number of carbonyl (C=O) groups excluding carboxylic acids is 1. The van der Waals surface area contributed by atoms with Gasteiger partial charge in [-0.3, -0.25) is 9.69 Å². The van der Waals surface area contributed by atoms with Crippen LogP contribution in [0.1, 0.15) is 28.4 Å². The number of nitrogens with zero attached hydrogens (tertiary/aromatic N) is 1. The van der Waals surface area contributed by atoms with E-state index in [1.807, 2.05) is 38.1 Å². The average molecular weight is 399 g/mol. The van der Waals surface area contributed by atoms with Crippen LogP contribution < -0.4 is 9.64 Å². The number of ether oxygens (including phenoxy) is 1. The number of amides is 1. The summed E-state index contributed by atoms with van der Waals surface area (Å²) in [6.07, 6.45) is 0. The van der Waals surface area contributed by atoms with Crippen LogP contribution in [0.15, 0.2) is 47.4 Å². The van der Waals surface area contributed by atoms with Crippen molar-refractivity contribution in [2.45, 2.75) is 13.8 Å². The Morgan fingerprint density at radius 1 is 1.15 bits per heavy atom. The number of thiocarbonyl (C=S) groups is 1. The van der Waals surface area contributed by atoms with Crippen LogP contribution in [0.25, 0.3) is 5.57 Å². The number of hydrogen-bond acceptors (Lipinski definition) is 5. The molecule has 1 saturated heterocycles. The molecule has 138 valence electrons. The third-order valence-electron chi connectivity index (χ3n) is 4.33. The molecule has 27 heavy (non-hydrogen) atoms. The van der Waals surface area contributed by atoms with Gasteiger partial charge in [-0.05, 0) is 54.8 Å². The predicted molar refractivity (Wildman–Crippen MR) is 111 cm³/mol. The van der Waals surface area contributed by atoms with Crippen LogP contribution in [-0.2, 0) is 4.79 Å². The number of thioether (sulfide) groups is 1. The Kier molecular flexibility index (Phi) is 5.34. The molecule has 2 aromatic rings. The van der Waals surface area contributed by atoms with Crippen molar-refractivity contribution in [3.63, 3.8) is 0 Å². The van der Waals surface area contributed by atoms with Crippen molar-refractivity contribution >= 4 is 51.4 Å². The highest BCUT2D eigenvalue weighted by Crippen LogP contribution is 2.40. The van der Waals surface area contributed by atoms with E-state index < -0.39 is 5.97 Å². The number of benzene rings is 2. The topological polar surface area (TPSA) is 66.8 Å². The lowest BCUT2D eigenvalue weighted by molar-refractivity contribution is -0.113. The van der Waals surface area contributed by atoms with E-state index >= 15 is 0 Å². The SMILES string of the molecule is COc1ccc(/C(C)=C2\SC(=S)N(c3cc(C(=O)O)ccc3C)C2=O)cc1. The van der Waals surface area contributed by atoms with E-state index in [1.54, 1.807) is 13.2 Å². The molecule has 0 unspecified atom stereocenters. The monoisotopic (exact) mass is 399 g/mol. The van der Waals surface area contributed by atoms with Gasteiger partial charge in [-0.2, -0.15) is 0 Å². The Morgan fingerprint density at radius 2 is 1.78 bits per heavy atom. The molecular formula is C20H17NO4S2. The highest BCUT2D eigenvalue weighted by atomic mass is 32.2. The van der Waals surface area contributed by atoms with Gasteiger partial charge in [0.2, 0.25) is 0 Å². The number of hydrogen-bond donors (Lipinski definition) is 1. The number of carboxylic acid groups (broad SMARTS) is 1. The Morgan fingerprint density at radius 3 is 2.37 bits per heavy atom. The molecule has 5 nitrogen and oxygen atoms in total. The van der Waals surface area contributed by atoms with Crippen LogP contribution >= 0.6 is 24.0 Å². The zero-order valence-electron chi connectivity index (χ0n) is 15.0. The van der Waals surface area contributed by atoms with E-state index in [0.717, 1.165) is 22.4 Å². The molecule has 1 heterocycles. The molecular weight excluding hydrogens is 382 g/mol. The zero-order valence-corrected chi connectivity index (χ0v) is 16.6. The van der Waals surface area contributed by atoms with E-state index in [1.165, 1.54) is 28.8 Å². The molecule has 0 aromatic heterocycles. The zero-order chi connectivity index (χ0) is 19.7. The van der Waals surface area contributed by atoms with Crippen LogP contribution in [0.5, 0.6) is 5.75 Å². The summed E-state index contributed by atoms with van der Waals surface area (Å²) in [4.78, 5) is 26.3. The molecule has 0 radical (unpaired) electrons. The molecule has 2 aromatic carbocycles. The summed E-state index contributed by atoms with van der Waals surface area (Å²) in [5.41, 5.74) is 3.09. The fourth-order valence-corrected chi connectivity index (χ4v) is 4.09. The maximum Gasteiger partial charge on any atom is 0.335 e. The molecule has 1 aliphatic rings. The van der Waals surface area contributed by atoms with Gasteiger partial charge >= 0.3 is 5.97 Å². The van der Waals surface area contributed by atoms with Crippen LogP contribution in [0.4, 0.5) is 5.69 Å². The van der Waals surface area contributed by atoms with E-state index in [2.05, 4.69) is 0 Å². The number of aromatic carboxylic acids is 1. The van der Waals surface area contributed by atoms with Gasteiger partial charge in [0.05, 0.1) is 23.3 Å². The Hall–Kier alpha value is -2.64. The lowest BCUT2D eigenvalue weighted by Crippen LogP contribution is -2.28. The number of rotatable bonds is 4. The summed E-state index contributed by atoms with van der Waals surface area (Å²) in [6, 6.07) is 12.1. The van der Waals surface area contributed by atoms with Gasteiger partial charge in [0.15, 0.2) is 4.32 Å². The highest BCUT2D eigenvalue weighted by Gasteiger charge is 2.35. The first-order valence-electron chi connectivity index (χ1n) is 8.09. The first-order valence-corrected chi connectivity index (χ1v) is 9.31. The third-order valence-corrected chi connectivity index (χ3v) is 5.80. The van der Waals surface area contributed by atoms with Crippen molar-refractivity contribution < 1.29 is 19.4 Å². The quantitative estimate of drug-likeness (QED) is 0.603.